The maximum absolute atomic E-state index is 12.8. The highest BCUT2D eigenvalue weighted by Gasteiger charge is 2.21. The Morgan fingerprint density at radius 1 is 0.781 bits per heavy atom. The van der Waals surface area contributed by atoms with Crippen molar-refractivity contribution in [2.45, 2.75) is 9.79 Å². The van der Waals surface area contributed by atoms with Crippen molar-refractivity contribution in [3.8, 4) is 17.6 Å². The van der Waals surface area contributed by atoms with E-state index >= 15 is 0 Å². The molecule has 0 fully saturated rings. The average molecular weight is 474 g/mol. The van der Waals surface area contributed by atoms with Crippen LogP contribution in [-0.4, -0.2) is 31.1 Å². The van der Waals surface area contributed by atoms with Gasteiger partial charge in [0, 0.05) is 5.69 Å². The fraction of sp³-hybridized carbons (Fsp3) is 0.0952. The predicted octanol–water partition coefficient (Wildman–Crippen LogP) is 3.18. The number of nitrogens with one attached hydrogen (secondary N) is 2. The van der Waals surface area contributed by atoms with Crippen molar-refractivity contribution < 1.29 is 26.3 Å². The summed E-state index contributed by atoms with van der Waals surface area (Å²) in [5.41, 5.74) is 0.393. The molecule has 3 rings (SSSR count). The quantitative estimate of drug-likeness (QED) is 0.513. The van der Waals surface area contributed by atoms with Gasteiger partial charge >= 0.3 is 0 Å². The Morgan fingerprint density at radius 3 is 2.06 bits per heavy atom. The third-order valence-electron chi connectivity index (χ3n) is 4.34. The lowest BCUT2D eigenvalue weighted by Gasteiger charge is -2.14. The molecule has 0 saturated heterocycles. The van der Waals surface area contributed by atoms with Crippen molar-refractivity contribution in [1.82, 2.24) is 0 Å². The summed E-state index contributed by atoms with van der Waals surface area (Å²) in [6.07, 6.45) is 0. The van der Waals surface area contributed by atoms with Crippen molar-refractivity contribution in [2.75, 3.05) is 23.7 Å². The van der Waals surface area contributed by atoms with Gasteiger partial charge in [-0.25, -0.2) is 16.8 Å². The van der Waals surface area contributed by atoms with Gasteiger partial charge in [0.25, 0.3) is 20.0 Å². The zero-order valence-electron chi connectivity index (χ0n) is 17.1. The van der Waals surface area contributed by atoms with Crippen molar-refractivity contribution in [3.05, 3.63) is 72.3 Å². The second kappa shape index (κ2) is 9.17. The average Bonchev–Trinajstić information content (AvgIpc) is 2.79. The van der Waals surface area contributed by atoms with Gasteiger partial charge in [0.15, 0.2) is 0 Å². The number of ether oxygens (including phenoxy) is 2. The van der Waals surface area contributed by atoms with Crippen LogP contribution >= 0.6 is 0 Å². The number of methoxy groups -OCH3 is 2. The van der Waals surface area contributed by atoms with E-state index in [4.69, 9.17) is 14.7 Å². The summed E-state index contributed by atoms with van der Waals surface area (Å²) < 4.78 is 66.2. The fourth-order valence-electron chi connectivity index (χ4n) is 2.74. The predicted molar refractivity (Wildman–Crippen MR) is 119 cm³/mol. The molecule has 0 aliphatic rings. The maximum Gasteiger partial charge on any atom is 0.262 e. The van der Waals surface area contributed by atoms with Crippen LogP contribution in [0, 0.1) is 11.3 Å². The largest absolute Gasteiger partial charge is 0.497 e. The smallest absolute Gasteiger partial charge is 0.262 e. The Balaban J connectivity index is 1.94. The lowest BCUT2D eigenvalue weighted by Crippen LogP contribution is -2.16. The van der Waals surface area contributed by atoms with Crippen LogP contribution in [0.5, 0.6) is 11.5 Å². The van der Waals surface area contributed by atoms with Crippen LogP contribution in [0.25, 0.3) is 0 Å². The summed E-state index contributed by atoms with van der Waals surface area (Å²) in [5.74, 6) is 0.683. The SMILES string of the molecule is COc1ccc(NS(=O)(=O)c2ccc(OC)c(NS(=O)(=O)c3cccc(C#N)c3)c2)cc1. The number of sulfonamides is 2. The Labute approximate surface area is 186 Å². The molecule has 0 heterocycles. The zero-order chi connectivity index (χ0) is 23.4. The minimum Gasteiger partial charge on any atom is -0.497 e. The second-order valence-corrected chi connectivity index (χ2v) is 9.81. The molecular formula is C21H19N3O6S2. The van der Waals surface area contributed by atoms with Crippen molar-refractivity contribution >= 4 is 31.4 Å². The second-order valence-electron chi connectivity index (χ2n) is 6.44. The van der Waals surface area contributed by atoms with E-state index < -0.39 is 20.0 Å². The molecule has 32 heavy (non-hydrogen) atoms. The van der Waals surface area contributed by atoms with Crippen LogP contribution in [0.1, 0.15) is 5.56 Å². The molecule has 0 amide bonds. The monoisotopic (exact) mass is 473 g/mol. The Hall–Kier alpha value is -3.75. The third-order valence-corrected chi connectivity index (χ3v) is 7.08. The van der Waals surface area contributed by atoms with E-state index in [1.165, 1.54) is 62.8 Å². The molecule has 11 heteroatoms. The highest BCUT2D eigenvalue weighted by molar-refractivity contribution is 7.93. The van der Waals surface area contributed by atoms with E-state index in [0.717, 1.165) is 6.07 Å². The van der Waals surface area contributed by atoms with E-state index in [1.54, 1.807) is 12.1 Å². The van der Waals surface area contributed by atoms with Gasteiger partial charge in [-0.3, -0.25) is 9.44 Å². The van der Waals surface area contributed by atoms with E-state index in [-0.39, 0.29) is 26.8 Å². The molecule has 0 aliphatic carbocycles. The van der Waals surface area contributed by atoms with Gasteiger partial charge < -0.3 is 9.47 Å². The summed E-state index contributed by atoms with van der Waals surface area (Å²) in [6, 6.07) is 17.3. The molecular weight excluding hydrogens is 454 g/mol. The van der Waals surface area contributed by atoms with E-state index in [1.807, 2.05) is 6.07 Å². The molecule has 0 unspecified atom stereocenters. The Morgan fingerprint density at radius 2 is 1.44 bits per heavy atom. The third kappa shape index (κ3) is 5.11. The molecule has 2 N–H and O–H groups in total. The molecule has 0 radical (unpaired) electrons. The molecule has 0 spiro atoms. The minimum atomic E-state index is -4.12. The van der Waals surface area contributed by atoms with Crippen molar-refractivity contribution in [3.63, 3.8) is 0 Å². The summed E-state index contributed by atoms with van der Waals surface area (Å²) in [5, 5.41) is 9.01. The molecule has 0 bridgehead atoms. The number of anilines is 2. The van der Waals surface area contributed by atoms with Crippen LogP contribution in [0.4, 0.5) is 11.4 Å². The van der Waals surface area contributed by atoms with Crippen molar-refractivity contribution in [2.24, 2.45) is 0 Å². The normalized spacial score (nSPS) is 11.3. The van der Waals surface area contributed by atoms with Crippen LogP contribution in [0.15, 0.2) is 76.5 Å². The first kappa shape index (κ1) is 22.9. The van der Waals surface area contributed by atoms with Crippen LogP contribution in [-0.2, 0) is 20.0 Å². The molecule has 0 atom stereocenters. The molecule has 166 valence electrons. The van der Waals surface area contributed by atoms with E-state index in [2.05, 4.69) is 9.44 Å². The highest BCUT2D eigenvalue weighted by Crippen LogP contribution is 2.30. The maximum atomic E-state index is 12.8. The molecule has 9 nitrogen and oxygen atoms in total. The van der Waals surface area contributed by atoms with Crippen molar-refractivity contribution in [1.29, 1.82) is 5.26 Å². The molecule has 0 saturated carbocycles. The summed E-state index contributed by atoms with van der Waals surface area (Å²) in [4.78, 5) is -0.333. The fourth-order valence-corrected chi connectivity index (χ4v) is 4.93. The van der Waals surface area contributed by atoms with Crippen LogP contribution in [0.3, 0.4) is 0 Å². The number of rotatable bonds is 8. The first-order valence-corrected chi connectivity index (χ1v) is 12.0. The summed E-state index contributed by atoms with van der Waals surface area (Å²) in [6.45, 7) is 0. The van der Waals surface area contributed by atoms with Gasteiger partial charge in [0.1, 0.15) is 11.5 Å². The lowest BCUT2D eigenvalue weighted by molar-refractivity contribution is 0.415. The number of nitriles is 1. The first-order chi connectivity index (χ1) is 15.2. The standard InChI is InChI=1S/C21H19N3O6S2/c1-29-17-8-6-16(7-9-17)23-31(25,26)19-10-11-21(30-2)20(13-19)24-32(27,28)18-5-3-4-15(12-18)14-22/h3-13,23-24H,1-2H3. The van der Waals surface area contributed by atoms with Gasteiger partial charge in [-0.15, -0.1) is 0 Å². The van der Waals surface area contributed by atoms with E-state index in [9.17, 15) is 16.8 Å². The van der Waals surface area contributed by atoms with Gasteiger partial charge in [-0.05, 0) is 60.7 Å². The van der Waals surface area contributed by atoms with Gasteiger partial charge in [0.05, 0.1) is 41.3 Å². The van der Waals surface area contributed by atoms with Gasteiger partial charge in [-0.2, -0.15) is 5.26 Å². The van der Waals surface area contributed by atoms with Gasteiger partial charge in [0.2, 0.25) is 0 Å². The molecule has 3 aromatic carbocycles. The first-order valence-electron chi connectivity index (χ1n) is 9.06. The topological polar surface area (TPSA) is 135 Å². The number of nitrogens with zero attached hydrogens (tertiary/aromatic N) is 1. The Bertz CT molecular complexity index is 1380. The number of hydrogen-bond acceptors (Lipinski definition) is 7. The Kier molecular flexibility index (Phi) is 6.57. The highest BCUT2D eigenvalue weighted by atomic mass is 32.2. The lowest BCUT2D eigenvalue weighted by atomic mass is 10.2. The van der Waals surface area contributed by atoms with Crippen LogP contribution < -0.4 is 18.9 Å². The van der Waals surface area contributed by atoms with Gasteiger partial charge in [-0.1, -0.05) is 6.07 Å². The number of benzene rings is 3. The molecule has 3 aromatic rings. The molecule has 0 aliphatic heterocycles. The summed E-state index contributed by atoms with van der Waals surface area (Å²) in [7, 11) is -5.33. The zero-order valence-corrected chi connectivity index (χ0v) is 18.7. The number of hydrogen-bond donors (Lipinski definition) is 2. The van der Waals surface area contributed by atoms with E-state index in [0.29, 0.717) is 11.4 Å². The minimum absolute atomic E-state index is 0.0764. The summed E-state index contributed by atoms with van der Waals surface area (Å²) >= 11 is 0. The van der Waals surface area contributed by atoms with Crippen LogP contribution in [0.2, 0.25) is 0 Å². The molecule has 0 aromatic heterocycles.